The summed E-state index contributed by atoms with van der Waals surface area (Å²) in [5.41, 5.74) is 2.52. The van der Waals surface area contributed by atoms with Crippen LogP contribution in [0.15, 0.2) is 41.1 Å². The standard InChI is InChI=1S/C15H17NO3S/c1-19-15(18)12-4-2-11(3-5-12)8-16-9-14(17)13-6-7-20-10-13/h2-7,10,14,16-17H,8-9H2,1H3. The Bertz CT molecular complexity index is 537. The monoisotopic (exact) mass is 291 g/mol. The van der Waals surface area contributed by atoms with Gasteiger partial charge in [0.25, 0.3) is 0 Å². The van der Waals surface area contributed by atoms with Crippen LogP contribution in [0, 0.1) is 0 Å². The average Bonchev–Trinajstić information content (AvgIpc) is 3.01. The number of esters is 1. The number of carbonyl (C=O) groups is 1. The first-order valence-electron chi connectivity index (χ1n) is 6.29. The topological polar surface area (TPSA) is 58.6 Å². The maximum atomic E-state index is 11.3. The Labute approximate surface area is 122 Å². The van der Waals surface area contributed by atoms with Gasteiger partial charge in [-0.1, -0.05) is 12.1 Å². The second-order valence-corrected chi connectivity index (χ2v) is 5.17. The fourth-order valence-electron chi connectivity index (χ4n) is 1.81. The third-order valence-corrected chi connectivity index (χ3v) is 3.67. The van der Waals surface area contributed by atoms with Gasteiger partial charge < -0.3 is 15.2 Å². The van der Waals surface area contributed by atoms with Gasteiger partial charge in [0.05, 0.1) is 18.8 Å². The van der Waals surface area contributed by atoms with Crippen LogP contribution in [0.3, 0.4) is 0 Å². The molecule has 0 amide bonds. The van der Waals surface area contributed by atoms with Gasteiger partial charge in [0.1, 0.15) is 0 Å². The third kappa shape index (κ3) is 3.90. The number of carbonyl (C=O) groups excluding carboxylic acids is 1. The van der Waals surface area contributed by atoms with E-state index in [2.05, 4.69) is 10.1 Å². The molecule has 0 saturated carbocycles. The highest BCUT2D eigenvalue weighted by atomic mass is 32.1. The molecule has 0 aliphatic carbocycles. The summed E-state index contributed by atoms with van der Waals surface area (Å²) < 4.78 is 4.64. The maximum absolute atomic E-state index is 11.3. The minimum Gasteiger partial charge on any atom is -0.465 e. The molecule has 0 spiro atoms. The summed E-state index contributed by atoms with van der Waals surface area (Å²) in [4.78, 5) is 11.3. The molecular weight excluding hydrogens is 274 g/mol. The van der Waals surface area contributed by atoms with Crippen LogP contribution in [0.2, 0.25) is 0 Å². The van der Waals surface area contributed by atoms with Gasteiger partial charge in [0, 0.05) is 13.1 Å². The van der Waals surface area contributed by atoms with Gasteiger partial charge in [-0.2, -0.15) is 11.3 Å². The van der Waals surface area contributed by atoms with Gasteiger partial charge in [-0.3, -0.25) is 0 Å². The van der Waals surface area contributed by atoms with Crippen LogP contribution in [0.25, 0.3) is 0 Å². The lowest BCUT2D eigenvalue weighted by atomic mass is 10.1. The first-order valence-corrected chi connectivity index (χ1v) is 7.23. The number of aliphatic hydroxyl groups excluding tert-OH is 1. The van der Waals surface area contributed by atoms with Crippen molar-refractivity contribution in [1.29, 1.82) is 0 Å². The molecule has 1 aromatic heterocycles. The van der Waals surface area contributed by atoms with Crippen molar-refractivity contribution in [2.75, 3.05) is 13.7 Å². The fourth-order valence-corrected chi connectivity index (χ4v) is 2.52. The lowest BCUT2D eigenvalue weighted by Gasteiger charge is -2.10. The lowest BCUT2D eigenvalue weighted by Crippen LogP contribution is -2.20. The van der Waals surface area contributed by atoms with E-state index >= 15 is 0 Å². The fraction of sp³-hybridized carbons (Fsp3) is 0.267. The van der Waals surface area contributed by atoms with Crippen LogP contribution in [0.1, 0.15) is 27.6 Å². The van der Waals surface area contributed by atoms with Crippen molar-refractivity contribution < 1.29 is 14.6 Å². The Morgan fingerprint density at radius 1 is 1.35 bits per heavy atom. The Hall–Kier alpha value is -1.69. The van der Waals surface area contributed by atoms with Crippen molar-refractivity contribution >= 4 is 17.3 Å². The third-order valence-electron chi connectivity index (χ3n) is 2.97. The van der Waals surface area contributed by atoms with E-state index in [-0.39, 0.29) is 5.97 Å². The first-order chi connectivity index (χ1) is 9.70. The Morgan fingerprint density at radius 2 is 2.10 bits per heavy atom. The number of aliphatic hydroxyl groups is 1. The first kappa shape index (κ1) is 14.7. The quantitative estimate of drug-likeness (QED) is 0.802. The summed E-state index contributed by atoms with van der Waals surface area (Å²) >= 11 is 1.57. The van der Waals surface area contributed by atoms with Crippen molar-refractivity contribution in [3.05, 3.63) is 57.8 Å². The number of methoxy groups -OCH3 is 1. The lowest BCUT2D eigenvalue weighted by molar-refractivity contribution is 0.0600. The van der Waals surface area contributed by atoms with Crippen LogP contribution >= 0.6 is 11.3 Å². The highest BCUT2D eigenvalue weighted by Gasteiger charge is 2.07. The molecule has 2 rings (SSSR count). The zero-order valence-electron chi connectivity index (χ0n) is 11.2. The van der Waals surface area contributed by atoms with Crippen molar-refractivity contribution in [3.8, 4) is 0 Å². The molecular formula is C15H17NO3S. The van der Waals surface area contributed by atoms with Gasteiger partial charge >= 0.3 is 5.97 Å². The second kappa shape index (κ2) is 7.19. The van der Waals surface area contributed by atoms with E-state index in [1.165, 1.54) is 7.11 Å². The number of hydrogen-bond acceptors (Lipinski definition) is 5. The number of ether oxygens (including phenoxy) is 1. The molecule has 106 valence electrons. The molecule has 0 fully saturated rings. The molecule has 1 heterocycles. The summed E-state index contributed by atoms with van der Waals surface area (Å²) in [6.07, 6.45) is -0.490. The van der Waals surface area contributed by atoms with E-state index in [0.717, 1.165) is 11.1 Å². The van der Waals surface area contributed by atoms with Gasteiger partial charge in [-0.25, -0.2) is 4.79 Å². The second-order valence-electron chi connectivity index (χ2n) is 4.39. The number of nitrogens with one attached hydrogen (secondary N) is 1. The molecule has 0 aliphatic rings. The minimum absolute atomic E-state index is 0.336. The predicted molar refractivity (Wildman–Crippen MR) is 78.8 cm³/mol. The highest BCUT2D eigenvalue weighted by Crippen LogP contribution is 2.15. The molecule has 0 saturated heterocycles. The van der Waals surface area contributed by atoms with Gasteiger partial charge in [0.2, 0.25) is 0 Å². The maximum Gasteiger partial charge on any atom is 0.337 e. The molecule has 4 nitrogen and oxygen atoms in total. The summed E-state index contributed by atoms with van der Waals surface area (Å²) in [5, 5.41) is 17.0. The molecule has 0 aliphatic heterocycles. The molecule has 0 radical (unpaired) electrons. The van der Waals surface area contributed by atoms with Crippen molar-refractivity contribution in [2.45, 2.75) is 12.6 Å². The van der Waals surface area contributed by atoms with E-state index in [1.54, 1.807) is 23.5 Å². The number of rotatable bonds is 6. The molecule has 1 aromatic carbocycles. The normalized spacial score (nSPS) is 12.1. The number of thiophene rings is 1. The van der Waals surface area contributed by atoms with Gasteiger partial charge in [-0.15, -0.1) is 0 Å². The Balaban J connectivity index is 1.81. The molecule has 20 heavy (non-hydrogen) atoms. The van der Waals surface area contributed by atoms with Crippen molar-refractivity contribution in [1.82, 2.24) is 5.32 Å². The van der Waals surface area contributed by atoms with Crippen LogP contribution in [-0.2, 0) is 11.3 Å². The molecule has 2 N–H and O–H groups in total. The Morgan fingerprint density at radius 3 is 2.70 bits per heavy atom. The van der Waals surface area contributed by atoms with E-state index in [9.17, 15) is 9.90 Å². The average molecular weight is 291 g/mol. The summed E-state index contributed by atoms with van der Waals surface area (Å²) in [6, 6.07) is 9.13. The van der Waals surface area contributed by atoms with E-state index in [0.29, 0.717) is 18.7 Å². The van der Waals surface area contributed by atoms with E-state index < -0.39 is 6.10 Å². The Kier molecular flexibility index (Phi) is 5.29. The van der Waals surface area contributed by atoms with Crippen LogP contribution < -0.4 is 5.32 Å². The molecule has 0 bridgehead atoms. The predicted octanol–water partition coefficient (Wildman–Crippen LogP) is 2.36. The van der Waals surface area contributed by atoms with Crippen molar-refractivity contribution in [2.24, 2.45) is 0 Å². The smallest absolute Gasteiger partial charge is 0.337 e. The zero-order chi connectivity index (χ0) is 14.4. The largest absolute Gasteiger partial charge is 0.465 e. The van der Waals surface area contributed by atoms with Crippen LogP contribution in [0.4, 0.5) is 0 Å². The van der Waals surface area contributed by atoms with Gasteiger partial charge in [-0.05, 0) is 40.1 Å². The zero-order valence-corrected chi connectivity index (χ0v) is 12.0. The molecule has 1 unspecified atom stereocenters. The molecule has 1 atom stereocenters. The number of benzene rings is 1. The van der Waals surface area contributed by atoms with E-state index in [1.807, 2.05) is 29.0 Å². The summed E-state index contributed by atoms with van der Waals surface area (Å²) in [7, 11) is 1.36. The summed E-state index contributed by atoms with van der Waals surface area (Å²) in [5.74, 6) is -0.336. The summed E-state index contributed by atoms with van der Waals surface area (Å²) in [6.45, 7) is 1.14. The van der Waals surface area contributed by atoms with Crippen LogP contribution in [0.5, 0.6) is 0 Å². The van der Waals surface area contributed by atoms with Crippen molar-refractivity contribution in [3.63, 3.8) is 0 Å². The SMILES string of the molecule is COC(=O)c1ccc(CNCC(O)c2ccsc2)cc1. The van der Waals surface area contributed by atoms with Gasteiger partial charge in [0.15, 0.2) is 0 Å². The minimum atomic E-state index is -0.490. The number of hydrogen-bond donors (Lipinski definition) is 2. The molecule has 5 heteroatoms. The van der Waals surface area contributed by atoms with E-state index in [4.69, 9.17) is 0 Å². The van der Waals surface area contributed by atoms with Crippen LogP contribution in [-0.4, -0.2) is 24.7 Å². The molecule has 2 aromatic rings. The highest BCUT2D eigenvalue weighted by molar-refractivity contribution is 7.07.